The maximum absolute atomic E-state index is 6.32. The number of thiophene rings is 1. The average Bonchev–Trinajstić information content (AvgIpc) is 2.71. The summed E-state index contributed by atoms with van der Waals surface area (Å²) in [5, 5.41) is 0. The van der Waals surface area contributed by atoms with Gasteiger partial charge in [0.2, 0.25) is 0 Å². The van der Waals surface area contributed by atoms with Gasteiger partial charge >= 0.3 is 0 Å². The van der Waals surface area contributed by atoms with Crippen molar-refractivity contribution >= 4 is 22.9 Å². The second-order valence-electron chi connectivity index (χ2n) is 5.86. The summed E-state index contributed by atoms with van der Waals surface area (Å²) >= 11 is 7.79. The van der Waals surface area contributed by atoms with Crippen LogP contribution in [0, 0.1) is 0 Å². The van der Waals surface area contributed by atoms with E-state index in [9.17, 15) is 0 Å². The molecule has 2 heterocycles. The summed E-state index contributed by atoms with van der Waals surface area (Å²) in [6, 6.07) is 5.09. The van der Waals surface area contributed by atoms with Crippen LogP contribution in [0.2, 0.25) is 4.34 Å². The molecule has 3 nitrogen and oxygen atoms in total. The molecule has 5 heteroatoms. The molecule has 0 aromatic carbocycles. The zero-order valence-electron chi connectivity index (χ0n) is 12.7. The summed E-state index contributed by atoms with van der Waals surface area (Å²) in [5.74, 6) is 0. The van der Waals surface area contributed by atoms with Gasteiger partial charge in [-0.05, 0) is 45.5 Å². The van der Waals surface area contributed by atoms with Gasteiger partial charge in [-0.15, -0.1) is 11.3 Å². The largest absolute Gasteiger partial charge is 0.326 e. The molecule has 1 aliphatic heterocycles. The Kier molecular flexibility index (Phi) is 5.87. The second kappa shape index (κ2) is 7.23. The van der Waals surface area contributed by atoms with Gasteiger partial charge in [-0.2, -0.15) is 0 Å². The average molecular weight is 316 g/mol. The molecule has 3 unspecified atom stereocenters. The minimum Gasteiger partial charge on any atom is -0.326 e. The predicted octanol–water partition coefficient (Wildman–Crippen LogP) is 3.21. The molecule has 1 aliphatic rings. The normalized spacial score (nSPS) is 25.4. The smallest absolute Gasteiger partial charge is 0.0931 e. The molecule has 0 spiro atoms. The molecule has 1 fully saturated rings. The highest BCUT2D eigenvalue weighted by Gasteiger charge is 2.32. The number of nitrogens with two attached hydrogens (primary N) is 1. The van der Waals surface area contributed by atoms with Crippen molar-refractivity contribution in [3.63, 3.8) is 0 Å². The molecule has 114 valence electrons. The van der Waals surface area contributed by atoms with Crippen molar-refractivity contribution in [1.82, 2.24) is 9.80 Å². The molecule has 0 aliphatic carbocycles. The molecule has 2 N–H and O–H groups in total. The van der Waals surface area contributed by atoms with Crippen LogP contribution in [0.3, 0.4) is 0 Å². The fourth-order valence-electron chi connectivity index (χ4n) is 3.20. The number of likely N-dealkylation sites (N-methyl/N-ethyl adjacent to an activating group) is 1. The molecule has 1 aromatic heterocycles. The van der Waals surface area contributed by atoms with E-state index in [1.807, 2.05) is 6.07 Å². The van der Waals surface area contributed by atoms with Gasteiger partial charge in [0, 0.05) is 30.1 Å². The van der Waals surface area contributed by atoms with E-state index in [4.69, 9.17) is 17.3 Å². The van der Waals surface area contributed by atoms with Crippen molar-refractivity contribution in [2.45, 2.75) is 44.8 Å². The Bertz CT molecular complexity index is 421. The van der Waals surface area contributed by atoms with E-state index in [2.05, 4.69) is 36.8 Å². The van der Waals surface area contributed by atoms with E-state index in [1.54, 1.807) is 11.3 Å². The van der Waals surface area contributed by atoms with Gasteiger partial charge in [-0.3, -0.25) is 4.90 Å². The molecule has 0 saturated carbocycles. The van der Waals surface area contributed by atoms with Gasteiger partial charge < -0.3 is 10.6 Å². The third-order valence-corrected chi connectivity index (χ3v) is 5.46. The van der Waals surface area contributed by atoms with E-state index >= 15 is 0 Å². The van der Waals surface area contributed by atoms with Crippen LogP contribution < -0.4 is 5.73 Å². The standard InChI is InChI=1S/C15H26ClN3S/c1-4-12-10-18(3)8-5-9-19(12)15(11(2)17)13-6-7-14(16)20-13/h6-7,11-12,15H,4-5,8-10,17H2,1-3H3. The SMILES string of the molecule is CCC1CN(C)CCCN1C(c1ccc(Cl)s1)C(C)N. The summed E-state index contributed by atoms with van der Waals surface area (Å²) < 4.78 is 0.852. The Morgan fingerprint density at radius 3 is 2.75 bits per heavy atom. The highest BCUT2D eigenvalue weighted by Crippen LogP contribution is 2.34. The van der Waals surface area contributed by atoms with Crippen LogP contribution in [-0.4, -0.2) is 48.6 Å². The Labute approximate surface area is 131 Å². The summed E-state index contributed by atoms with van der Waals surface area (Å²) in [6.45, 7) is 7.79. The minimum atomic E-state index is 0.113. The molecule has 0 amide bonds. The van der Waals surface area contributed by atoms with Crippen molar-refractivity contribution < 1.29 is 0 Å². The molecular weight excluding hydrogens is 290 g/mol. The quantitative estimate of drug-likeness (QED) is 0.926. The van der Waals surface area contributed by atoms with Crippen molar-refractivity contribution in [1.29, 1.82) is 0 Å². The molecule has 3 atom stereocenters. The molecule has 1 aromatic rings. The number of nitrogens with zero attached hydrogens (tertiary/aromatic N) is 2. The first-order chi connectivity index (χ1) is 9.52. The molecule has 0 bridgehead atoms. The molecule has 1 saturated heterocycles. The van der Waals surface area contributed by atoms with E-state index in [0.29, 0.717) is 6.04 Å². The third-order valence-electron chi connectivity index (χ3n) is 4.16. The van der Waals surface area contributed by atoms with Crippen LogP contribution in [-0.2, 0) is 0 Å². The Morgan fingerprint density at radius 1 is 1.45 bits per heavy atom. The molecule has 2 rings (SSSR count). The maximum Gasteiger partial charge on any atom is 0.0931 e. The number of hydrogen-bond donors (Lipinski definition) is 1. The summed E-state index contributed by atoms with van der Waals surface area (Å²) in [5.41, 5.74) is 6.32. The van der Waals surface area contributed by atoms with Gasteiger partial charge in [0.1, 0.15) is 0 Å². The zero-order chi connectivity index (χ0) is 14.7. The van der Waals surface area contributed by atoms with Crippen molar-refractivity contribution in [2.75, 3.05) is 26.7 Å². The second-order valence-corrected chi connectivity index (χ2v) is 7.61. The monoisotopic (exact) mass is 315 g/mol. The van der Waals surface area contributed by atoms with E-state index in [1.165, 1.54) is 17.8 Å². The van der Waals surface area contributed by atoms with Crippen LogP contribution in [0.1, 0.15) is 37.6 Å². The zero-order valence-corrected chi connectivity index (χ0v) is 14.3. The van der Waals surface area contributed by atoms with Crippen LogP contribution in [0.4, 0.5) is 0 Å². The maximum atomic E-state index is 6.32. The summed E-state index contributed by atoms with van der Waals surface area (Å²) in [6.07, 6.45) is 2.36. The molecular formula is C15H26ClN3S. The van der Waals surface area contributed by atoms with Crippen molar-refractivity contribution in [3.8, 4) is 0 Å². The van der Waals surface area contributed by atoms with E-state index in [-0.39, 0.29) is 12.1 Å². The van der Waals surface area contributed by atoms with E-state index in [0.717, 1.165) is 23.8 Å². The first-order valence-corrected chi connectivity index (χ1v) is 8.67. The highest BCUT2D eigenvalue weighted by atomic mass is 35.5. The Balaban J connectivity index is 2.26. The first-order valence-electron chi connectivity index (χ1n) is 7.48. The van der Waals surface area contributed by atoms with Crippen molar-refractivity contribution in [2.24, 2.45) is 5.73 Å². The number of halogens is 1. The first kappa shape index (κ1) is 16.2. The minimum absolute atomic E-state index is 0.113. The number of hydrogen-bond acceptors (Lipinski definition) is 4. The van der Waals surface area contributed by atoms with Crippen LogP contribution >= 0.6 is 22.9 Å². The molecule has 0 radical (unpaired) electrons. The van der Waals surface area contributed by atoms with Crippen LogP contribution in [0.15, 0.2) is 12.1 Å². The summed E-state index contributed by atoms with van der Waals surface area (Å²) in [4.78, 5) is 6.34. The van der Waals surface area contributed by atoms with Crippen LogP contribution in [0.25, 0.3) is 0 Å². The van der Waals surface area contributed by atoms with E-state index < -0.39 is 0 Å². The van der Waals surface area contributed by atoms with Gasteiger partial charge in [0.15, 0.2) is 0 Å². The lowest BCUT2D eigenvalue weighted by atomic mass is 10.0. The Hall–Kier alpha value is -0.130. The fraction of sp³-hybridized carbons (Fsp3) is 0.733. The lowest BCUT2D eigenvalue weighted by molar-refractivity contribution is 0.115. The third kappa shape index (κ3) is 3.74. The lowest BCUT2D eigenvalue weighted by Gasteiger charge is -2.38. The fourth-order valence-corrected chi connectivity index (χ4v) is 4.50. The molecule has 20 heavy (non-hydrogen) atoms. The number of rotatable bonds is 4. The lowest BCUT2D eigenvalue weighted by Crippen LogP contribution is -2.47. The highest BCUT2D eigenvalue weighted by molar-refractivity contribution is 7.16. The van der Waals surface area contributed by atoms with Gasteiger partial charge in [-0.1, -0.05) is 18.5 Å². The van der Waals surface area contributed by atoms with Gasteiger partial charge in [-0.25, -0.2) is 0 Å². The summed E-state index contributed by atoms with van der Waals surface area (Å²) in [7, 11) is 2.22. The van der Waals surface area contributed by atoms with Gasteiger partial charge in [0.05, 0.1) is 10.4 Å². The predicted molar refractivity (Wildman–Crippen MR) is 88.6 cm³/mol. The van der Waals surface area contributed by atoms with Crippen LogP contribution in [0.5, 0.6) is 0 Å². The Morgan fingerprint density at radius 2 is 2.20 bits per heavy atom. The van der Waals surface area contributed by atoms with Gasteiger partial charge in [0.25, 0.3) is 0 Å². The topological polar surface area (TPSA) is 32.5 Å². The van der Waals surface area contributed by atoms with Crippen molar-refractivity contribution in [3.05, 3.63) is 21.3 Å².